The van der Waals surface area contributed by atoms with Crippen LogP contribution in [0.4, 0.5) is 18.9 Å². The summed E-state index contributed by atoms with van der Waals surface area (Å²) < 4.78 is 56.2. The third kappa shape index (κ3) is 7.56. The summed E-state index contributed by atoms with van der Waals surface area (Å²) in [5, 5.41) is 12.3. The molecule has 3 aromatic carbocycles. The molecule has 0 saturated carbocycles. The fourth-order valence-corrected chi connectivity index (χ4v) is 7.35. The minimum absolute atomic E-state index is 0.0700. The first kappa shape index (κ1) is 32.2. The normalized spacial score (nSPS) is 17.6. The number of nitriles is 1. The van der Waals surface area contributed by atoms with E-state index in [1.807, 2.05) is 45.0 Å². The highest BCUT2D eigenvalue weighted by Gasteiger charge is 2.37. The second kappa shape index (κ2) is 13.4. The Morgan fingerprint density at radius 2 is 1.93 bits per heavy atom. The second-order valence-corrected chi connectivity index (χ2v) is 13.1. The molecule has 4 aromatic rings. The molecule has 232 valence electrons. The summed E-state index contributed by atoms with van der Waals surface area (Å²) in [7, 11) is 0. The van der Waals surface area contributed by atoms with Crippen molar-refractivity contribution in [1.29, 1.82) is 5.26 Å². The van der Waals surface area contributed by atoms with Gasteiger partial charge in [-0.05, 0) is 84.3 Å². The number of aryl methyl sites for hydroxylation is 2. The lowest BCUT2D eigenvalue weighted by Gasteiger charge is -2.26. The topological polar surface area (TPSA) is 92.1 Å². The van der Waals surface area contributed by atoms with Crippen molar-refractivity contribution in [2.75, 3.05) is 11.9 Å². The quantitative estimate of drug-likeness (QED) is 0.214. The van der Waals surface area contributed by atoms with Gasteiger partial charge in [-0.2, -0.15) is 18.4 Å². The Bertz CT molecular complexity index is 1740. The number of rotatable bonds is 7. The van der Waals surface area contributed by atoms with Gasteiger partial charge in [0.05, 0.1) is 47.0 Å². The van der Waals surface area contributed by atoms with E-state index < -0.39 is 23.1 Å². The third-order valence-electron chi connectivity index (χ3n) is 8.13. The Labute approximate surface area is 264 Å². The SMILES string of the molecule is Cc1ccc(C(CC(=O)Nc2cccnc2)c2ccc(C#N)cc2C)cc1CN1CC(C)Cc2ccc(C(F)(F)F)cc2[S+]1[O-]. The van der Waals surface area contributed by atoms with E-state index in [0.717, 1.165) is 39.9 Å². The maximum Gasteiger partial charge on any atom is 0.416 e. The van der Waals surface area contributed by atoms with Crippen LogP contribution in [0.5, 0.6) is 0 Å². The van der Waals surface area contributed by atoms with Crippen molar-refractivity contribution in [3.8, 4) is 6.07 Å². The van der Waals surface area contributed by atoms with Crippen LogP contribution in [0, 0.1) is 31.1 Å². The van der Waals surface area contributed by atoms with Gasteiger partial charge in [0.2, 0.25) is 5.91 Å². The Morgan fingerprint density at radius 3 is 2.62 bits per heavy atom. The van der Waals surface area contributed by atoms with Gasteiger partial charge in [0.15, 0.2) is 4.90 Å². The predicted molar refractivity (Wildman–Crippen MR) is 168 cm³/mol. The molecule has 1 aromatic heterocycles. The molecule has 0 fully saturated rings. The molecular formula is C35H33F3N4O2S. The highest BCUT2D eigenvalue weighted by Crippen LogP contribution is 2.37. The standard InChI is InChI=1S/C35H33F3N4O2S/c1-22-13-27-9-10-29(35(36,37)38)16-33(27)45(44)42(20-22)21-28-15-26(8-6-23(28)2)32(31-11-7-25(18-39)14-24(31)3)17-34(43)41-30-5-4-12-40-19-30/h4-12,14-16,19,22,32H,13,17,20-21H2,1-3H3,(H,41,43). The maximum atomic E-state index is 13.8. The number of nitrogens with zero attached hydrogens (tertiary/aromatic N) is 3. The number of aromatic nitrogens is 1. The molecule has 1 aliphatic heterocycles. The van der Waals surface area contributed by atoms with Crippen molar-refractivity contribution in [3.63, 3.8) is 0 Å². The van der Waals surface area contributed by atoms with Crippen molar-refractivity contribution >= 4 is 23.0 Å². The summed E-state index contributed by atoms with van der Waals surface area (Å²) in [4.78, 5) is 17.5. The van der Waals surface area contributed by atoms with Crippen molar-refractivity contribution < 1.29 is 22.5 Å². The Hall–Kier alpha value is -4.17. The summed E-state index contributed by atoms with van der Waals surface area (Å²) in [6.07, 6.45) is -0.694. The third-order valence-corrected chi connectivity index (χ3v) is 9.64. The number of pyridine rings is 1. The van der Waals surface area contributed by atoms with E-state index in [2.05, 4.69) is 16.4 Å². The van der Waals surface area contributed by atoms with E-state index in [1.54, 1.807) is 41.0 Å². The van der Waals surface area contributed by atoms with Crippen LogP contribution in [0.3, 0.4) is 0 Å². The second-order valence-electron chi connectivity index (χ2n) is 11.6. The highest BCUT2D eigenvalue weighted by molar-refractivity contribution is 7.89. The van der Waals surface area contributed by atoms with Crippen molar-refractivity contribution in [2.24, 2.45) is 5.92 Å². The summed E-state index contributed by atoms with van der Waals surface area (Å²) >= 11 is -1.80. The van der Waals surface area contributed by atoms with E-state index >= 15 is 0 Å². The fourth-order valence-electron chi connectivity index (χ4n) is 5.83. The van der Waals surface area contributed by atoms with E-state index in [1.165, 1.54) is 6.07 Å². The minimum Gasteiger partial charge on any atom is -0.593 e. The summed E-state index contributed by atoms with van der Waals surface area (Å²) in [5.41, 5.74) is 5.38. The van der Waals surface area contributed by atoms with Gasteiger partial charge in [0, 0.05) is 36.7 Å². The molecule has 0 bridgehead atoms. The number of carbonyl (C=O) groups excluding carboxylic acids is 1. The molecule has 1 N–H and O–H groups in total. The summed E-state index contributed by atoms with van der Waals surface area (Å²) in [6.45, 7) is 6.55. The molecule has 1 amide bonds. The zero-order chi connectivity index (χ0) is 32.3. The summed E-state index contributed by atoms with van der Waals surface area (Å²) in [6, 6.07) is 20.5. The number of amides is 1. The predicted octanol–water partition coefficient (Wildman–Crippen LogP) is 7.47. The lowest BCUT2D eigenvalue weighted by atomic mass is 9.84. The maximum absolute atomic E-state index is 13.8. The molecule has 3 atom stereocenters. The molecule has 0 saturated heterocycles. The fraction of sp³-hybridized carbons (Fsp3) is 0.286. The van der Waals surface area contributed by atoms with Gasteiger partial charge in [0.1, 0.15) is 0 Å². The van der Waals surface area contributed by atoms with Crippen molar-refractivity contribution in [2.45, 2.75) is 57.1 Å². The Balaban J connectivity index is 1.49. The van der Waals surface area contributed by atoms with Crippen molar-refractivity contribution in [3.05, 3.63) is 124 Å². The van der Waals surface area contributed by atoms with Gasteiger partial charge in [0.25, 0.3) is 0 Å². The number of hydrogen-bond donors (Lipinski definition) is 1. The van der Waals surface area contributed by atoms with Crippen LogP contribution in [0.25, 0.3) is 0 Å². The minimum atomic E-state index is -4.53. The van der Waals surface area contributed by atoms with Crippen molar-refractivity contribution in [1.82, 2.24) is 9.29 Å². The summed E-state index contributed by atoms with van der Waals surface area (Å²) in [5.74, 6) is -0.503. The highest BCUT2D eigenvalue weighted by atomic mass is 32.2. The average molecular weight is 631 g/mol. The van der Waals surface area contributed by atoms with Gasteiger partial charge in [-0.1, -0.05) is 37.3 Å². The first-order valence-corrected chi connectivity index (χ1v) is 15.7. The molecule has 0 radical (unpaired) electrons. The smallest absolute Gasteiger partial charge is 0.416 e. The molecule has 1 aliphatic rings. The monoisotopic (exact) mass is 630 g/mol. The van der Waals surface area contributed by atoms with Crippen LogP contribution < -0.4 is 5.32 Å². The van der Waals surface area contributed by atoms with Gasteiger partial charge in [-0.3, -0.25) is 9.78 Å². The van der Waals surface area contributed by atoms with Crippen LogP contribution in [-0.2, 0) is 35.3 Å². The molecule has 0 aliphatic carbocycles. The average Bonchev–Trinajstić information content (AvgIpc) is 3.11. The molecule has 5 rings (SSSR count). The molecular weight excluding hydrogens is 597 g/mol. The first-order chi connectivity index (χ1) is 21.4. The molecule has 2 heterocycles. The van der Waals surface area contributed by atoms with E-state index in [-0.39, 0.29) is 35.6 Å². The molecule has 10 heteroatoms. The van der Waals surface area contributed by atoms with Gasteiger partial charge >= 0.3 is 6.18 Å². The number of anilines is 1. The van der Waals surface area contributed by atoms with Gasteiger partial charge in [-0.25, -0.2) is 0 Å². The Morgan fingerprint density at radius 1 is 1.13 bits per heavy atom. The zero-order valence-corrected chi connectivity index (χ0v) is 26.0. The van der Waals surface area contributed by atoms with Crippen LogP contribution in [-0.4, -0.2) is 26.3 Å². The molecule has 3 unspecified atom stereocenters. The number of alkyl halides is 3. The number of carbonyl (C=O) groups is 1. The largest absolute Gasteiger partial charge is 0.593 e. The molecule has 45 heavy (non-hydrogen) atoms. The number of halogens is 3. The lowest BCUT2D eigenvalue weighted by Crippen LogP contribution is -2.33. The first-order valence-electron chi connectivity index (χ1n) is 14.6. The molecule has 0 spiro atoms. The van der Waals surface area contributed by atoms with Crippen LogP contribution >= 0.6 is 0 Å². The van der Waals surface area contributed by atoms with E-state index in [0.29, 0.717) is 29.8 Å². The van der Waals surface area contributed by atoms with Crippen LogP contribution in [0.1, 0.15) is 63.8 Å². The Kier molecular flexibility index (Phi) is 9.63. The van der Waals surface area contributed by atoms with Gasteiger partial charge < -0.3 is 9.87 Å². The lowest BCUT2D eigenvalue weighted by molar-refractivity contribution is -0.137. The number of hydrogen-bond acceptors (Lipinski definition) is 5. The number of fused-ring (bicyclic) bond motifs is 1. The van der Waals surface area contributed by atoms with E-state index in [9.17, 15) is 27.8 Å². The molecule has 6 nitrogen and oxygen atoms in total. The number of nitrogens with one attached hydrogen (secondary N) is 1. The van der Waals surface area contributed by atoms with Crippen LogP contribution in [0.15, 0.2) is 84.0 Å². The van der Waals surface area contributed by atoms with Crippen LogP contribution in [0.2, 0.25) is 0 Å². The number of benzene rings is 3. The van der Waals surface area contributed by atoms with Gasteiger partial charge in [-0.15, -0.1) is 4.31 Å². The zero-order valence-electron chi connectivity index (χ0n) is 25.2. The van der Waals surface area contributed by atoms with E-state index in [4.69, 9.17) is 0 Å².